The molecule has 1 atom stereocenters. The minimum absolute atomic E-state index is 0.0181. The van der Waals surface area contributed by atoms with Gasteiger partial charge in [0.25, 0.3) is 5.91 Å². The van der Waals surface area contributed by atoms with Crippen LogP contribution in [0.25, 0.3) is 0 Å². The van der Waals surface area contributed by atoms with Crippen LogP contribution in [0.4, 0.5) is 0 Å². The molecule has 122 valence electrons. The van der Waals surface area contributed by atoms with Crippen molar-refractivity contribution < 1.29 is 23.2 Å². The Kier molecular flexibility index (Phi) is 5.32. The maximum Gasteiger partial charge on any atom is 0.261 e. The predicted molar refractivity (Wildman–Crippen MR) is 82.7 cm³/mol. The lowest BCUT2D eigenvalue weighted by Crippen LogP contribution is -2.43. The fraction of sp³-hybridized carbons (Fsp3) is 0.133. The molecular formula is C15H16N2O5S. The molecule has 23 heavy (non-hydrogen) atoms. The molecule has 0 radical (unpaired) electrons. The second-order valence-corrected chi connectivity index (χ2v) is 6.42. The van der Waals surface area contributed by atoms with Gasteiger partial charge in [-0.05, 0) is 43.3 Å². The summed E-state index contributed by atoms with van der Waals surface area (Å²) in [5.41, 5.74) is 1.39. The smallest absolute Gasteiger partial charge is 0.261 e. The van der Waals surface area contributed by atoms with Gasteiger partial charge < -0.3 is 4.74 Å². The normalized spacial score (nSPS) is 12.4. The first-order valence-corrected chi connectivity index (χ1v) is 8.20. The zero-order valence-corrected chi connectivity index (χ0v) is 13.1. The summed E-state index contributed by atoms with van der Waals surface area (Å²) in [6.07, 6.45) is 0. The third-order valence-electron chi connectivity index (χ3n) is 2.95. The fourth-order valence-corrected chi connectivity index (χ4v) is 2.97. The Morgan fingerprint density at radius 3 is 2.17 bits per heavy atom. The van der Waals surface area contributed by atoms with Crippen LogP contribution >= 0.6 is 0 Å². The zero-order valence-electron chi connectivity index (χ0n) is 12.3. The van der Waals surface area contributed by atoms with Gasteiger partial charge in [0.2, 0.25) is 10.0 Å². The van der Waals surface area contributed by atoms with Gasteiger partial charge in [0.1, 0.15) is 17.5 Å². The molecule has 2 aromatic rings. The Bertz CT molecular complexity index is 760. The lowest BCUT2D eigenvalue weighted by atomic mass is 10.3. The number of hydroxylamine groups is 1. The maximum atomic E-state index is 12.1. The number of nitrogens with one attached hydrogen (secondary N) is 2. The highest BCUT2D eigenvalue weighted by atomic mass is 32.2. The summed E-state index contributed by atoms with van der Waals surface area (Å²) < 4.78 is 32.0. The number of sulfonamides is 1. The van der Waals surface area contributed by atoms with E-state index in [1.807, 2.05) is 18.2 Å². The SMILES string of the molecule is CC(NS(=O)(=O)c1ccc(Oc2ccccc2)cc1)C(=O)NO. The highest BCUT2D eigenvalue weighted by molar-refractivity contribution is 7.89. The van der Waals surface area contributed by atoms with Crippen molar-refractivity contribution in [2.75, 3.05) is 0 Å². The van der Waals surface area contributed by atoms with Crippen LogP contribution in [0.5, 0.6) is 11.5 Å². The minimum Gasteiger partial charge on any atom is -0.457 e. The summed E-state index contributed by atoms with van der Waals surface area (Å²) >= 11 is 0. The molecule has 7 nitrogen and oxygen atoms in total. The largest absolute Gasteiger partial charge is 0.457 e. The summed E-state index contributed by atoms with van der Waals surface area (Å²) in [4.78, 5) is 11.2. The summed E-state index contributed by atoms with van der Waals surface area (Å²) in [5.74, 6) is 0.267. The lowest BCUT2D eigenvalue weighted by Gasteiger charge is -2.12. The van der Waals surface area contributed by atoms with E-state index in [9.17, 15) is 13.2 Å². The summed E-state index contributed by atoms with van der Waals surface area (Å²) in [5, 5.41) is 8.50. The van der Waals surface area contributed by atoms with Crippen LogP contribution in [-0.2, 0) is 14.8 Å². The number of benzene rings is 2. The number of rotatable bonds is 6. The molecule has 2 rings (SSSR count). The molecule has 0 saturated heterocycles. The van der Waals surface area contributed by atoms with E-state index in [1.165, 1.54) is 36.7 Å². The van der Waals surface area contributed by atoms with Gasteiger partial charge in [-0.2, -0.15) is 4.72 Å². The molecule has 0 saturated carbocycles. The lowest BCUT2D eigenvalue weighted by molar-refractivity contribution is -0.130. The van der Waals surface area contributed by atoms with Gasteiger partial charge in [-0.25, -0.2) is 13.9 Å². The molecule has 8 heteroatoms. The number of para-hydroxylation sites is 1. The zero-order chi connectivity index (χ0) is 16.9. The van der Waals surface area contributed by atoms with E-state index in [4.69, 9.17) is 9.94 Å². The molecule has 0 bridgehead atoms. The number of carbonyl (C=O) groups is 1. The fourth-order valence-electron chi connectivity index (χ4n) is 1.76. The van der Waals surface area contributed by atoms with Crippen molar-refractivity contribution >= 4 is 15.9 Å². The Hall–Kier alpha value is -2.42. The van der Waals surface area contributed by atoms with Gasteiger partial charge in [-0.15, -0.1) is 0 Å². The van der Waals surface area contributed by atoms with Gasteiger partial charge in [0.05, 0.1) is 4.90 Å². The van der Waals surface area contributed by atoms with Crippen molar-refractivity contribution in [3.8, 4) is 11.5 Å². The Balaban J connectivity index is 2.10. The average molecular weight is 336 g/mol. The van der Waals surface area contributed by atoms with Gasteiger partial charge in [0, 0.05) is 0 Å². The topological polar surface area (TPSA) is 105 Å². The minimum atomic E-state index is -3.88. The molecule has 3 N–H and O–H groups in total. The second kappa shape index (κ2) is 7.23. The number of hydrogen-bond acceptors (Lipinski definition) is 5. The van der Waals surface area contributed by atoms with Crippen LogP contribution in [-0.4, -0.2) is 25.6 Å². The molecule has 0 aliphatic heterocycles. The first-order valence-electron chi connectivity index (χ1n) is 6.71. The first kappa shape index (κ1) is 16.9. The summed E-state index contributed by atoms with van der Waals surface area (Å²) in [7, 11) is -3.88. The summed E-state index contributed by atoms with van der Waals surface area (Å²) in [6, 6.07) is 13.7. The van der Waals surface area contributed by atoms with Crippen LogP contribution in [0, 0.1) is 0 Å². The van der Waals surface area contributed by atoms with Crippen molar-refractivity contribution in [2.24, 2.45) is 0 Å². The van der Waals surface area contributed by atoms with E-state index in [0.717, 1.165) is 0 Å². The predicted octanol–water partition coefficient (Wildman–Crippen LogP) is 1.65. The molecule has 1 amide bonds. The van der Waals surface area contributed by atoms with Crippen LogP contribution < -0.4 is 14.9 Å². The molecule has 0 spiro atoms. The monoisotopic (exact) mass is 336 g/mol. The third-order valence-corrected chi connectivity index (χ3v) is 4.50. The average Bonchev–Trinajstić information content (AvgIpc) is 2.55. The van der Waals surface area contributed by atoms with E-state index < -0.39 is 22.0 Å². The van der Waals surface area contributed by atoms with Crippen LogP contribution in [0.3, 0.4) is 0 Å². The quantitative estimate of drug-likeness (QED) is 0.549. The van der Waals surface area contributed by atoms with E-state index in [0.29, 0.717) is 11.5 Å². The standard InChI is InChI=1S/C15H16N2O5S/c1-11(15(18)16-19)17-23(20,21)14-9-7-13(8-10-14)22-12-5-3-2-4-6-12/h2-11,17,19H,1H3,(H,16,18). The van der Waals surface area contributed by atoms with E-state index in [1.54, 1.807) is 12.1 Å². The van der Waals surface area contributed by atoms with Crippen molar-refractivity contribution in [1.82, 2.24) is 10.2 Å². The first-order chi connectivity index (χ1) is 10.9. The van der Waals surface area contributed by atoms with Crippen LogP contribution in [0.2, 0.25) is 0 Å². The number of amides is 1. The van der Waals surface area contributed by atoms with Crippen molar-refractivity contribution in [3.63, 3.8) is 0 Å². The third kappa shape index (κ3) is 4.52. The molecular weight excluding hydrogens is 320 g/mol. The Morgan fingerprint density at radius 1 is 1.04 bits per heavy atom. The van der Waals surface area contributed by atoms with E-state index in [2.05, 4.69) is 4.72 Å². The number of hydrogen-bond donors (Lipinski definition) is 3. The van der Waals surface area contributed by atoms with Gasteiger partial charge in [0.15, 0.2) is 0 Å². The van der Waals surface area contributed by atoms with E-state index >= 15 is 0 Å². The highest BCUT2D eigenvalue weighted by Gasteiger charge is 2.21. The molecule has 0 fully saturated rings. The number of carbonyl (C=O) groups excluding carboxylic acids is 1. The Labute approximate surface area is 133 Å². The van der Waals surface area contributed by atoms with Gasteiger partial charge >= 0.3 is 0 Å². The van der Waals surface area contributed by atoms with Gasteiger partial charge in [-0.1, -0.05) is 18.2 Å². The van der Waals surface area contributed by atoms with Crippen molar-refractivity contribution in [2.45, 2.75) is 17.9 Å². The van der Waals surface area contributed by atoms with Crippen LogP contribution in [0.1, 0.15) is 6.92 Å². The second-order valence-electron chi connectivity index (χ2n) is 4.71. The van der Waals surface area contributed by atoms with Crippen LogP contribution in [0.15, 0.2) is 59.5 Å². The molecule has 0 heterocycles. The molecule has 2 aromatic carbocycles. The Morgan fingerprint density at radius 2 is 1.61 bits per heavy atom. The molecule has 0 aliphatic rings. The summed E-state index contributed by atoms with van der Waals surface area (Å²) in [6.45, 7) is 1.32. The molecule has 0 aliphatic carbocycles. The van der Waals surface area contributed by atoms with Gasteiger partial charge in [-0.3, -0.25) is 10.0 Å². The number of ether oxygens (including phenoxy) is 1. The van der Waals surface area contributed by atoms with E-state index in [-0.39, 0.29) is 4.90 Å². The maximum absolute atomic E-state index is 12.1. The molecule has 1 unspecified atom stereocenters. The highest BCUT2D eigenvalue weighted by Crippen LogP contribution is 2.22. The van der Waals surface area contributed by atoms with Crippen molar-refractivity contribution in [1.29, 1.82) is 0 Å². The van der Waals surface area contributed by atoms with Crippen molar-refractivity contribution in [3.05, 3.63) is 54.6 Å². The molecule has 0 aromatic heterocycles.